The summed E-state index contributed by atoms with van der Waals surface area (Å²) < 4.78 is 10.1. The standard InChI is InChI=1S/C11H19N3O3S/c1-2-16-10(15)6-4-3-5-7-18-11-14-13-9(8-12)17-11/h2-8,12H2,1H3. The van der Waals surface area contributed by atoms with E-state index in [4.69, 9.17) is 14.9 Å². The van der Waals surface area contributed by atoms with E-state index in [0.29, 0.717) is 24.1 Å². The lowest BCUT2D eigenvalue weighted by molar-refractivity contribution is -0.143. The van der Waals surface area contributed by atoms with E-state index < -0.39 is 0 Å². The molecule has 0 aliphatic rings. The molecule has 0 aliphatic carbocycles. The van der Waals surface area contributed by atoms with E-state index in [1.807, 2.05) is 6.92 Å². The molecule has 6 nitrogen and oxygen atoms in total. The van der Waals surface area contributed by atoms with Crippen LogP contribution in [0.1, 0.15) is 38.5 Å². The molecule has 2 N–H and O–H groups in total. The van der Waals surface area contributed by atoms with Gasteiger partial charge in [-0.05, 0) is 19.8 Å². The molecule has 0 aromatic carbocycles. The average molecular weight is 273 g/mol. The predicted octanol–water partition coefficient (Wildman–Crippen LogP) is 1.74. The van der Waals surface area contributed by atoms with E-state index in [0.717, 1.165) is 25.0 Å². The van der Waals surface area contributed by atoms with Crippen LogP contribution in [0.3, 0.4) is 0 Å². The number of carbonyl (C=O) groups is 1. The summed E-state index contributed by atoms with van der Waals surface area (Å²) in [6.07, 6.45) is 3.35. The molecule has 0 amide bonds. The van der Waals surface area contributed by atoms with Crippen LogP contribution in [-0.4, -0.2) is 28.5 Å². The smallest absolute Gasteiger partial charge is 0.305 e. The summed E-state index contributed by atoms with van der Waals surface area (Å²) >= 11 is 1.51. The van der Waals surface area contributed by atoms with E-state index in [-0.39, 0.29) is 12.5 Å². The van der Waals surface area contributed by atoms with Crippen LogP contribution in [0, 0.1) is 0 Å². The Morgan fingerprint density at radius 3 is 2.89 bits per heavy atom. The lowest BCUT2D eigenvalue weighted by Gasteiger charge is -2.01. The van der Waals surface area contributed by atoms with Crippen molar-refractivity contribution in [3.8, 4) is 0 Å². The van der Waals surface area contributed by atoms with E-state index in [1.165, 1.54) is 11.8 Å². The maximum atomic E-state index is 11.1. The summed E-state index contributed by atoms with van der Waals surface area (Å²) in [6, 6.07) is 0. The van der Waals surface area contributed by atoms with Crippen molar-refractivity contribution in [1.82, 2.24) is 10.2 Å². The van der Waals surface area contributed by atoms with Gasteiger partial charge in [0.25, 0.3) is 5.22 Å². The van der Waals surface area contributed by atoms with Gasteiger partial charge in [-0.3, -0.25) is 4.79 Å². The SMILES string of the molecule is CCOC(=O)CCCCCSc1nnc(CN)o1. The van der Waals surface area contributed by atoms with Crippen molar-refractivity contribution in [2.75, 3.05) is 12.4 Å². The van der Waals surface area contributed by atoms with Gasteiger partial charge in [-0.2, -0.15) is 0 Å². The van der Waals surface area contributed by atoms with Gasteiger partial charge < -0.3 is 14.9 Å². The number of hydrogen-bond donors (Lipinski definition) is 1. The molecule has 18 heavy (non-hydrogen) atoms. The first-order chi connectivity index (χ1) is 8.76. The lowest BCUT2D eigenvalue weighted by atomic mass is 10.2. The fourth-order valence-corrected chi connectivity index (χ4v) is 2.10. The Morgan fingerprint density at radius 1 is 1.39 bits per heavy atom. The van der Waals surface area contributed by atoms with Gasteiger partial charge in [-0.15, -0.1) is 10.2 Å². The van der Waals surface area contributed by atoms with Crippen LogP contribution < -0.4 is 5.73 Å². The second-order valence-electron chi connectivity index (χ2n) is 3.63. The van der Waals surface area contributed by atoms with E-state index >= 15 is 0 Å². The maximum Gasteiger partial charge on any atom is 0.305 e. The molecular weight excluding hydrogens is 254 g/mol. The summed E-state index contributed by atoms with van der Waals surface area (Å²) in [6.45, 7) is 2.54. The third kappa shape index (κ3) is 6.02. The Labute approximate surface area is 111 Å². The molecule has 1 aromatic heterocycles. The fraction of sp³-hybridized carbons (Fsp3) is 0.727. The van der Waals surface area contributed by atoms with Crippen molar-refractivity contribution < 1.29 is 13.9 Å². The number of nitrogens with zero attached hydrogens (tertiary/aromatic N) is 2. The van der Waals surface area contributed by atoms with Crippen molar-refractivity contribution in [2.45, 2.75) is 44.4 Å². The molecule has 0 spiro atoms. The van der Waals surface area contributed by atoms with Gasteiger partial charge in [0.05, 0.1) is 13.2 Å². The van der Waals surface area contributed by atoms with E-state index in [9.17, 15) is 4.79 Å². The molecule has 1 heterocycles. The summed E-state index contributed by atoms with van der Waals surface area (Å²) in [5.41, 5.74) is 5.36. The molecule has 7 heteroatoms. The molecule has 1 rings (SSSR count). The zero-order valence-corrected chi connectivity index (χ0v) is 11.4. The maximum absolute atomic E-state index is 11.1. The number of unbranched alkanes of at least 4 members (excludes halogenated alkanes) is 2. The van der Waals surface area contributed by atoms with Gasteiger partial charge in [0, 0.05) is 12.2 Å². The average Bonchev–Trinajstić information content (AvgIpc) is 2.82. The first kappa shape index (κ1) is 15.0. The molecule has 0 saturated carbocycles. The minimum atomic E-state index is -0.116. The fourth-order valence-electron chi connectivity index (χ4n) is 1.32. The predicted molar refractivity (Wildman–Crippen MR) is 68.0 cm³/mol. The summed E-state index contributed by atoms with van der Waals surface area (Å²) in [4.78, 5) is 11.1. The highest BCUT2D eigenvalue weighted by atomic mass is 32.2. The zero-order chi connectivity index (χ0) is 13.2. The van der Waals surface area contributed by atoms with Crippen molar-refractivity contribution >= 4 is 17.7 Å². The topological polar surface area (TPSA) is 91.2 Å². The van der Waals surface area contributed by atoms with Gasteiger partial charge >= 0.3 is 5.97 Å². The van der Waals surface area contributed by atoms with Crippen LogP contribution >= 0.6 is 11.8 Å². The second-order valence-corrected chi connectivity index (χ2v) is 4.68. The highest BCUT2D eigenvalue weighted by Gasteiger charge is 2.05. The number of esters is 1. The molecule has 1 aromatic rings. The molecule has 0 radical (unpaired) electrons. The Balaban J connectivity index is 2.00. The number of rotatable bonds is 9. The van der Waals surface area contributed by atoms with Crippen molar-refractivity contribution in [1.29, 1.82) is 0 Å². The van der Waals surface area contributed by atoms with Gasteiger partial charge in [-0.1, -0.05) is 18.2 Å². The minimum Gasteiger partial charge on any atom is -0.466 e. The normalized spacial score (nSPS) is 10.6. The molecule has 0 unspecified atom stereocenters. The van der Waals surface area contributed by atoms with Crippen molar-refractivity contribution in [3.63, 3.8) is 0 Å². The van der Waals surface area contributed by atoms with Crippen LogP contribution in [0.15, 0.2) is 9.64 Å². The number of ether oxygens (including phenoxy) is 1. The van der Waals surface area contributed by atoms with Crippen LogP contribution in [-0.2, 0) is 16.1 Å². The largest absolute Gasteiger partial charge is 0.466 e. The van der Waals surface area contributed by atoms with Crippen LogP contribution in [0.25, 0.3) is 0 Å². The number of thioether (sulfide) groups is 1. The Kier molecular flexibility index (Phi) is 7.43. The molecule has 0 atom stereocenters. The van der Waals surface area contributed by atoms with Crippen LogP contribution in [0.2, 0.25) is 0 Å². The van der Waals surface area contributed by atoms with Crippen LogP contribution in [0.4, 0.5) is 0 Å². The Hall–Kier alpha value is -1.08. The molecule has 0 aliphatic heterocycles. The first-order valence-corrected chi connectivity index (χ1v) is 7.05. The van der Waals surface area contributed by atoms with Crippen molar-refractivity contribution in [3.05, 3.63) is 5.89 Å². The number of hydrogen-bond acceptors (Lipinski definition) is 7. The second kappa shape index (κ2) is 8.93. The lowest BCUT2D eigenvalue weighted by Crippen LogP contribution is -2.03. The monoisotopic (exact) mass is 273 g/mol. The number of aromatic nitrogens is 2. The molecule has 0 saturated heterocycles. The number of nitrogens with two attached hydrogens (primary N) is 1. The Bertz CT molecular complexity index is 357. The highest BCUT2D eigenvalue weighted by molar-refractivity contribution is 7.99. The van der Waals surface area contributed by atoms with Gasteiger partial charge in [-0.25, -0.2) is 0 Å². The highest BCUT2D eigenvalue weighted by Crippen LogP contribution is 2.18. The first-order valence-electron chi connectivity index (χ1n) is 6.07. The quantitative estimate of drug-likeness (QED) is 0.416. The van der Waals surface area contributed by atoms with Gasteiger partial charge in [0.15, 0.2) is 0 Å². The van der Waals surface area contributed by atoms with Gasteiger partial charge in [0.1, 0.15) is 0 Å². The minimum absolute atomic E-state index is 0.116. The molecule has 102 valence electrons. The van der Waals surface area contributed by atoms with Gasteiger partial charge in [0.2, 0.25) is 5.89 Å². The molecular formula is C11H19N3O3S. The van der Waals surface area contributed by atoms with Crippen LogP contribution in [0.5, 0.6) is 0 Å². The summed E-state index contributed by atoms with van der Waals surface area (Å²) in [5, 5.41) is 8.18. The van der Waals surface area contributed by atoms with Crippen molar-refractivity contribution in [2.24, 2.45) is 5.73 Å². The van der Waals surface area contributed by atoms with E-state index in [2.05, 4.69) is 10.2 Å². The zero-order valence-electron chi connectivity index (χ0n) is 10.6. The van der Waals surface area contributed by atoms with E-state index in [1.54, 1.807) is 0 Å². The number of carbonyl (C=O) groups excluding carboxylic acids is 1. The third-order valence-electron chi connectivity index (χ3n) is 2.18. The molecule has 0 fully saturated rings. The summed E-state index contributed by atoms with van der Waals surface area (Å²) in [5.74, 6) is 1.24. The summed E-state index contributed by atoms with van der Waals surface area (Å²) in [7, 11) is 0. The third-order valence-corrected chi connectivity index (χ3v) is 3.08. The molecule has 0 bridgehead atoms. The Morgan fingerprint density at radius 2 is 2.22 bits per heavy atom.